The molecule has 0 bridgehead atoms. The number of carbonyl (C=O) groups is 1. The molecule has 0 spiro atoms. The molecular formula is C23H25N3O3. The van der Waals surface area contributed by atoms with Gasteiger partial charge in [0.25, 0.3) is 5.91 Å². The predicted octanol–water partition coefficient (Wildman–Crippen LogP) is 4.15. The van der Waals surface area contributed by atoms with Crippen molar-refractivity contribution in [2.24, 2.45) is 5.92 Å². The van der Waals surface area contributed by atoms with Gasteiger partial charge in [0, 0.05) is 31.0 Å². The molecule has 3 heterocycles. The van der Waals surface area contributed by atoms with Gasteiger partial charge in [0.15, 0.2) is 5.76 Å². The largest absolute Gasteiger partial charge is 0.497 e. The lowest BCUT2D eigenvalue weighted by molar-refractivity contribution is 0.0690. The zero-order chi connectivity index (χ0) is 20.2. The standard InChI is InChI=1S/C23H25N3O3/c1-16-21(22(29-25-16)19-7-11-24-12-8-19)23(27)26-13-9-18(10-14-26)15-17-3-5-20(28-2)6-4-17/h3-8,11-12,18H,9-10,13-15H2,1-2H3. The number of rotatable bonds is 5. The van der Waals surface area contributed by atoms with Gasteiger partial charge in [-0.1, -0.05) is 17.3 Å². The number of benzene rings is 1. The zero-order valence-electron chi connectivity index (χ0n) is 16.8. The topological polar surface area (TPSA) is 68.5 Å². The van der Waals surface area contributed by atoms with E-state index >= 15 is 0 Å². The number of hydrogen-bond donors (Lipinski definition) is 0. The number of pyridine rings is 1. The van der Waals surface area contributed by atoms with E-state index in [1.807, 2.05) is 36.1 Å². The number of piperidine rings is 1. The number of amides is 1. The maximum absolute atomic E-state index is 13.2. The molecule has 0 atom stereocenters. The van der Waals surface area contributed by atoms with Crippen molar-refractivity contribution >= 4 is 5.91 Å². The summed E-state index contributed by atoms with van der Waals surface area (Å²) in [6, 6.07) is 11.9. The summed E-state index contributed by atoms with van der Waals surface area (Å²) in [6.45, 7) is 3.32. The number of aryl methyl sites for hydroxylation is 1. The maximum Gasteiger partial charge on any atom is 0.259 e. The molecule has 6 heteroatoms. The summed E-state index contributed by atoms with van der Waals surface area (Å²) >= 11 is 0. The lowest BCUT2D eigenvalue weighted by Crippen LogP contribution is -2.39. The van der Waals surface area contributed by atoms with Crippen LogP contribution in [0.4, 0.5) is 0 Å². The summed E-state index contributed by atoms with van der Waals surface area (Å²) in [7, 11) is 1.68. The highest BCUT2D eigenvalue weighted by atomic mass is 16.5. The van der Waals surface area contributed by atoms with Gasteiger partial charge in [-0.3, -0.25) is 9.78 Å². The molecule has 1 aliphatic rings. The molecule has 1 saturated heterocycles. The first-order chi connectivity index (χ1) is 14.2. The molecule has 1 amide bonds. The van der Waals surface area contributed by atoms with Crippen molar-refractivity contribution in [2.45, 2.75) is 26.2 Å². The summed E-state index contributed by atoms with van der Waals surface area (Å²) in [5.41, 5.74) is 3.32. The van der Waals surface area contributed by atoms with Crippen LogP contribution in [0, 0.1) is 12.8 Å². The molecule has 0 aliphatic carbocycles. The van der Waals surface area contributed by atoms with Crippen LogP contribution in [0.25, 0.3) is 11.3 Å². The lowest BCUT2D eigenvalue weighted by Gasteiger charge is -2.32. The third kappa shape index (κ3) is 4.16. The molecule has 1 fully saturated rings. The minimum atomic E-state index is -0.00143. The second-order valence-electron chi connectivity index (χ2n) is 7.50. The molecule has 150 valence electrons. The fourth-order valence-electron chi connectivity index (χ4n) is 3.92. The molecule has 3 aromatic rings. The molecule has 4 rings (SSSR count). The number of hydrogen-bond acceptors (Lipinski definition) is 5. The van der Waals surface area contributed by atoms with E-state index in [1.165, 1.54) is 5.56 Å². The third-order valence-electron chi connectivity index (χ3n) is 5.60. The van der Waals surface area contributed by atoms with E-state index in [0.29, 0.717) is 22.9 Å². The Morgan fingerprint density at radius 1 is 1.14 bits per heavy atom. The van der Waals surface area contributed by atoms with Crippen molar-refractivity contribution in [3.8, 4) is 17.1 Å². The molecule has 2 aromatic heterocycles. The first-order valence-electron chi connectivity index (χ1n) is 9.94. The van der Waals surface area contributed by atoms with Gasteiger partial charge < -0.3 is 14.2 Å². The lowest BCUT2D eigenvalue weighted by atomic mass is 9.90. The van der Waals surface area contributed by atoms with Crippen molar-refractivity contribution < 1.29 is 14.1 Å². The minimum Gasteiger partial charge on any atom is -0.497 e. The van der Waals surface area contributed by atoms with Crippen LogP contribution in [-0.2, 0) is 6.42 Å². The quantitative estimate of drug-likeness (QED) is 0.654. The second-order valence-corrected chi connectivity index (χ2v) is 7.50. The highest BCUT2D eigenvalue weighted by Crippen LogP contribution is 2.29. The summed E-state index contributed by atoms with van der Waals surface area (Å²) in [4.78, 5) is 19.2. The van der Waals surface area contributed by atoms with E-state index in [0.717, 1.165) is 43.7 Å². The van der Waals surface area contributed by atoms with E-state index in [1.54, 1.807) is 19.5 Å². The van der Waals surface area contributed by atoms with Crippen LogP contribution in [0.3, 0.4) is 0 Å². The van der Waals surface area contributed by atoms with E-state index in [-0.39, 0.29) is 5.91 Å². The molecule has 1 aliphatic heterocycles. The van der Waals surface area contributed by atoms with Crippen LogP contribution in [0.5, 0.6) is 5.75 Å². The second kappa shape index (κ2) is 8.47. The Balaban J connectivity index is 1.41. The Morgan fingerprint density at radius 3 is 2.48 bits per heavy atom. The summed E-state index contributed by atoms with van der Waals surface area (Å²) in [6.07, 6.45) is 6.39. The van der Waals surface area contributed by atoms with Crippen molar-refractivity contribution in [2.75, 3.05) is 20.2 Å². The number of likely N-dealkylation sites (tertiary alicyclic amines) is 1. The number of nitrogens with zero attached hydrogens (tertiary/aromatic N) is 3. The van der Waals surface area contributed by atoms with Gasteiger partial charge in [-0.25, -0.2) is 0 Å². The summed E-state index contributed by atoms with van der Waals surface area (Å²) in [5.74, 6) is 1.98. The number of carbonyl (C=O) groups excluding carboxylic acids is 1. The fourth-order valence-corrected chi connectivity index (χ4v) is 3.92. The van der Waals surface area contributed by atoms with Crippen molar-refractivity contribution in [3.05, 3.63) is 65.6 Å². The maximum atomic E-state index is 13.2. The van der Waals surface area contributed by atoms with Crippen LogP contribution in [-0.4, -0.2) is 41.1 Å². The molecular weight excluding hydrogens is 366 g/mol. The average Bonchev–Trinajstić information content (AvgIpc) is 3.16. The van der Waals surface area contributed by atoms with E-state index in [9.17, 15) is 4.79 Å². The Labute approximate surface area is 170 Å². The van der Waals surface area contributed by atoms with Crippen molar-refractivity contribution in [1.82, 2.24) is 15.0 Å². The number of ether oxygens (including phenoxy) is 1. The van der Waals surface area contributed by atoms with Gasteiger partial charge in [-0.05, 0) is 61.9 Å². The number of methoxy groups -OCH3 is 1. The first kappa shape index (κ1) is 19.2. The molecule has 0 N–H and O–H groups in total. The van der Waals surface area contributed by atoms with E-state index in [4.69, 9.17) is 9.26 Å². The van der Waals surface area contributed by atoms with Gasteiger partial charge in [0.2, 0.25) is 0 Å². The minimum absolute atomic E-state index is 0.00143. The molecule has 0 radical (unpaired) electrons. The SMILES string of the molecule is COc1ccc(CC2CCN(C(=O)c3c(C)noc3-c3ccncc3)CC2)cc1. The van der Waals surface area contributed by atoms with E-state index < -0.39 is 0 Å². The van der Waals surface area contributed by atoms with Gasteiger partial charge in [0.1, 0.15) is 11.3 Å². The monoisotopic (exact) mass is 391 g/mol. The van der Waals surface area contributed by atoms with Crippen molar-refractivity contribution in [3.63, 3.8) is 0 Å². The Bertz CT molecular complexity index is 959. The van der Waals surface area contributed by atoms with Crippen LogP contribution < -0.4 is 4.74 Å². The van der Waals surface area contributed by atoms with Gasteiger partial charge in [-0.15, -0.1) is 0 Å². The van der Waals surface area contributed by atoms with Gasteiger partial charge >= 0.3 is 0 Å². The Morgan fingerprint density at radius 2 is 1.83 bits per heavy atom. The van der Waals surface area contributed by atoms with Crippen LogP contribution >= 0.6 is 0 Å². The molecule has 0 saturated carbocycles. The van der Waals surface area contributed by atoms with E-state index in [2.05, 4.69) is 22.3 Å². The highest BCUT2D eigenvalue weighted by Gasteiger charge is 2.29. The normalized spacial score (nSPS) is 14.8. The van der Waals surface area contributed by atoms with Crippen molar-refractivity contribution in [1.29, 1.82) is 0 Å². The number of aromatic nitrogens is 2. The highest BCUT2D eigenvalue weighted by molar-refractivity contribution is 6.00. The van der Waals surface area contributed by atoms with Crippen LogP contribution in [0.1, 0.15) is 34.5 Å². The average molecular weight is 391 g/mol. The van der Waals surface area contributed by atoms with Crippen LogP contribution in [0.15, 0.2) is 53.3 Å². The van der Waals surface area contributed by atoms with Gasteiger partial charge in [-0.2, -0.15) is 0 Å². The van der Waals surface area contributed by atoms with Crippen LogP contribution in [0.2, 0.25) is 0 Å². The molecule has 0 unspecified atom stereocenters. The smallest absolute Gasteiger partial charge is 0.259 e. The predicted molar refractivity (Wildman–Crippen MR) is 110 cm³/mol. The van der Waals surface area contributed by atoms with Gasteiger partial charge in [0.05, 0.1) is 12.8 Å². The zero-order valence-corrected chi connectivity index (χ0v) is 16.8. The third-order valence-corrected chi connectivity index (χ3v) is 5.60. The fraction of sp³-hybridized carbons (Fsp3) is 0.348. The molecule has 6 nitrogen and oxygen atoms in total. The molecule has 29 heavy (non-hydrogen) atoms. The Hall–Kier alpha value is -3.15. The molecule has 1 aromatic carbocycles. The first-order valence-corrected chi connectivity index (χ1v) is 9.94. The summed E-state index contributed by atoms with van der Waals surface area (Å²) in [5, 5.41) is 4.04. The Kier molecular flexibility index (Phi) is 5.60. The summed E-state index contributed by atoms with van der Waals surface area (Å²) < 4.78 is 10.7.